The fraction of sp³-hybridized carbons (Fsp3) is 0.611. The minimum Gasteiger partial charge on any atom is -0.352 e. The molecule has 2 aromatic rings. The molecule has 5 nitrogen and oxygen atoms in total. The van der Waals surface area contributed by atoms with Crippen molar-refractivity contribution in [2.75, 3.05) is 0 Å². The molecule has 2 heterocycles. The molecule has 1 amide bonds. The molecular formula is C18H23N3O2S. The molecule has 1 saturated carbocycles. The van der Waals surface area contributed by atoms with Gasteiger partial charge in [-0.25, -0.2) is 4.98 Å². The lowest BCUT2D eigenvalue weighted by Gasteiger charge is -2.17. The second kappa shape index (κ2) is 5.99. The van der Waals surface area contributed by atoms with Gasteiger partial charge in [-0.05, 0) is 56.4 Å². The highest BCUT2D eigenvalue weighted by Crippen LogP contribution is 2.35. The molecule has 2 aliphatic carbocycles. The second-order valence-electron chi connectivity index (χ2n) is 7.40. The van der Waals surface area contributed by atoms with Crippen molar-refractivity contribution in [1.29, 1.82) is 0 Å². The lowest BCUT2D eigenvalue weighted by Crippen LogP contribution is -2.38. The number of aromatic nitrogens is 2. The molecule has 128 valence electrons. The van der Waals surface area contributed by atoms with Crippen LogP contribution in [0.5, 0.6) is 0 Å². The van der Waals surface area contributed by atoms with Crippen LogP contribution in [-0.2, 0) is 24.2 Å². The normalized spacial score (nSPS) is 21.5. The van der Waals surface area contributed by atoms with Crippen molar-refractivity contribution in [2.45, 2.75) is 58.5 Å². The number of nitrogens with one attached hydrogen (secondary N) is 1. The molecule has 4 rings (SSSR count). The van der Waals surface area contributed by atoms with Crippen molar-refractivity contribution >= 4 is 27.5 Å². The number of fused-ring (bicyclic) bond motifs is 3. The number of nitrogens with zero attached hydrogens (tertiary/aromatic N) is 2. The van der Waals surface area contributed by atoms with Crippen LogP contribution in [0.25, 0.3) is 10.2 Å². The van der Waals surface area contributed by atoms with Crippen LogP contribution in [0.2, 0.25) is 0 Å². The van der Waals surface area contributed by atoms with Crippen molar-refractivity contribution in [2.24, 2.45) is 11.8 Å². The number of carbonyl (C=O) groups excluding carboxylic acids is 1. The van der Waals surface area contributed by atoms with Crippen LogP contribution in [-0.4, -0.2) is 21.5 Å². The predicted octanol–water partition coefficient (Wildman–Crippen LogP) is 2.50. The predicted molar refractivity (Wildman–Crippen MR) is 95.4 cm³/mol. The molecule has 24 heavy (non-hydrogen) atoms. The van der Waals surface area contributed by atoms with Crippen molar-refractivity contribution in [3.63, 3.8) is 0 Å². The highest BCUT2D eigenvalue weighted by molar-refractivity contribution is 7.18. The number of thiophene rings is 1. The van der Waals surface area contributed by atoms with Crippen LogP contribution < -0.4 is 10.9 Å². The summed E-state index contributed by atoms with van der Waals surface area (Å²) in [6, 6.07) is 0.195. The van der Waals surface area contributed by atoms with Crippen molar-refractivity contribution in [3.8, 4) is 0 Å². The van der Waals surface area contributed by atoms with Gasteiger partial charge in [0, 0.05) is 10.9 Å². The van der Waals surface area contributed by atoms with E-state index in [0.29, 0.717) is 11.8 Å². The summed E-state index contributed by atoms with van der Waals surface area (Å²) in [6.07, 6.45) is 7.00. The van der Waals surface area contributed by atoms with E-state index < -0.39 is 0 Å². The first-order valence-electron chi connectivity index (χ1n) is 8.82. The maximum atomic E-state index is 12.9. The quantitative estimate of drug-likeness (QED) is 0.926. The molecule has 6 heteroatoms. The Morgan fingerprint density at radius 2 is 2.25 bits per heavy atom. The Morgan fingerprint density at radius 3 is 3.00 bits per heavy atom. The minimum atomic E-state index is -0.102. The maximum Gasteiger partial charge on any atom is 0.262 e. The van der Waals surface area contributed by atoms with Crippen molar-refractivity contribution < 1.29 is 4.79 Å². The molecule has 2 aliphatic rings. The van der Waals surface area contributed by atoms with E-state index in [1.54, 1.807) is 11.3 Å². The maximum absolute atomic E-state index is 12.9. The van der Waals surface area contributed by atoms with Gasteiger partial charge in [-0.15, -0.1) is 11.3 Å². The van der Waals surface area contributed by atoms with E-state index in [4.69, 9.17) is 0 Å². The number of aryl methyl sites for hydroxylation is 1. The average molecular weight is 345 g/mol. The average Bonchev–Trinajstić information content (AvgIpc) is 3.31. The lowest BCUT2D eigenvalue weighted by atomic mass is 9.89. The van der Waals surface area contributed by atoms with E-state index in [0.717, 1.165) is 29.5 Å². The van der Waals surface area contributed by atoms with Crippen LogP contribution in [0.3, 0.4) is 0 Å². The van der Waals surface area contributed by atoms with Crippen LogP contribution in [0.15, 0.2) is 11.1 Å². The smallest absolute Gasteiger partial charge is 0.262 e. The van der Waals surface area contributed by atoms with E-state index in [9.17, 15) is 9.59 Å². The number of hydrogen-bond acceptors (Lipinski definition) is 4. The molecule has 0 saturated heterocycles. The van der Waals surface area contributed by atoms with E-state index in [1.165, 1.54) is 34.2 Å². The summed E-state index contributed by atoms with van der Waals surface area (Å²) in [6.45, 7) is 4.35. The first-order valence-corrected chi connectivity index (χ1v) is 9.63. The van der Waals surface area contributed by atoms with Crippen molar-refractivity contribution in [3.05, 3.63) is 27.1 Å². The zero-order valence-corrected chi connectivity index (χ0v) is 15.0. The lowest BCUT2D eigenvalue weighted by molar-refractivity contribution is -0.122. The molecular weight excluding hydrogens is 322 g/mol. The van der Waals surface area contributed by atoms with Crippen LogP contribution >= 0.6 is 11.3 Å². The summed E-state index contributed by atoms with van der Waals surface area (Å²) in [7, 11) is 0. The van der Waals surface area contributed by atoms with Gasteiger partial charge in [0.1, 0.15) is 11.4 Å². The van der Waals surface area contributed by atoms with Gasteiger partial charge < -0.3 is 5.32 Å². The topological polar surface area (TPSA) is 64.0 Å². The van der Waals surface area contributed by atoms with Gasteiger partial charge >= 0.3 is 0 Å². The highest BCUT2D eigenvalue weighted by atomic mass is 32.1. The number of carbonyl (C=O) groups is 1. The van der Waals surface area contributed by atoms with E-state index in [2.05, 4.69) is 17.2 Å². The van der Waals surface area contributed by atoms with Gasteiger partial charge in [0.2, 0.25) is 5.91 Å². The highest BCUT2D eigenvalue weighted by Gasteiger charge is 2.29. The van der Waals surface area contributed by atoms with Gasteiger partial charge in [0.25, 0.3) is 5.56 Å². The second-order valence-corrected chi connectivity index (χ2v) is 8.49. The molecule has 0 spiro atoms. The monoisotopic (exact) mass is 345 g/mol. The van der Waals surface area contributed by atoms with Gasteiger partial charge in [-0.2, -0.15) is 0 Å². The Morgan fingerprint density at radius 1 is 1.46 bits per heavy atom. The fourth-order valence-corrected chi connectivity index (χ4v) is 4.99. The minimum absolute atomic E-state index is 0.0554. The van der Waals surface area contributed by atoms with Gasteiger partial charge in [0.05, 0.1) is 11.7 Å². The third-order valence-corrected chi connectivity index (χ3v) is 6.48. The summed E-state index contributed by atoms with van der Waals surface area (Å²) in [5.74, 6) is 1.18. The van der Waals surface area contributed by atoms with Gasteiger partial charge in [-0.1, -0.05) is 6.92 Å². The largest absolute Gasteiger partial charge is 0.352 e. The molecule has 0 bridgehead atoms. The summed E-state index contributed by atoms with van der Waals surface area (Å²) < 4.78 is 1.46. The Bertz CT molecular complexity index is 850. The first-order chi connectivity index (χ1) is 11.5. The Labute approximate surface area is 145 Å². The molecule has 0 radical (unpaired) electrons. The molecule has 1 fully saturated rings. The Kier molecular flexibility index (Phi) is 3.95. The number of hydrogen-bond donors (Lipinski definition) is 1. The molecule has 0 unspecified atom stereocenters. The number of rotatable bonds is 4. The number of amides is 1. The van der Waals surface area contributed by atoms with Crippen LogP contribution in [0.4, 0.5) is 0 Å². The standard InChI is InChI=1S/C18H23N3O2S/c1-10-3-6-13-14(7-10)24-17-16(13)18(23)21(9-19-17)8-15(22)20-11(2)12-4-5-12/h9-12H,3-8H2,1-2H3,(H,20,22)/t10-,11-/m0/s1. The Hall–Kier alpha value is -1.69. The van der Waals surface area contributed by atoms with Crippen molar-refractivity contribution in [1.82, 2.24) is 14.9 Å². The van der Waals surface area contributed by atoms with E-state index in [-0.39, 0.29) is 24.1 Å². The molecule has 1 N–H and O–H groups in total. The van der Waals surface area contributed by atoms with E-state index >= 15 is 0 Å². The summed E-state index contributed by atoms with van der Waals surface area (Å²) >= 11 is 1.64. The zero-order chi connectivity index (χ0) is 16.8. The summed E-state index contributed by atoms with van der Waals surface area (Å²) in [4.78, 5) is 31.7. The third kappa shape index (κ3) is 2.88. The SMILES string of the molecule is C[C@H]1CCc2c(sc3ncn(CC(=O)N[C@@H](C)C4CC4)c(=O)c23)C1. The molecule has 2 atom stereocenters. The molecule has 2 aromatic heterocycles. The zero-order valence-electron chi connectivity index (χ0n) is 14.2. The molecule has 0 aliphatic heterocycles. The van der Waals surface area contributed by atoms with Gasteiger partial charge in [0.15, 0.2) is 0 Å². The third-order valence-electron chi connectivity index (χ3n) is 5.31. The van der Waals surface area contributed by atoms with E-state index in [1.807, 2.05) is 6.92 Å². The summed E-state index contributed by atoms with van der Waals surface area (Å²) in [5, 5.41) is 3.75. The first kappa shape index (κ1) is 15.8. The van der Waals surface area contributed by atoms with Crippen LogP contribution in [0, 0.1) is 11.8 Å². The Balaban J connectivity index is 1.61. The summed E-state index contributed by atoms with van der Waals surface area (Å²) in [5.41, 5.74) is 1.10. The molecule has 0 aromatic carbocycles. The fourth-order valence-electron chi connectivity index (χ4n) is 3.65. The van der Waals surface area contributed by atoms with Crippen LogP contribution in [0.1, 0.15) is 43.6 Å². The van der Waals surface area contributed by atoms with Gasteiger partial charge in [-0.3, -0.25) is 14.2 Å².